The standard InChI is InChI=1S/C22H19ClN2O3/c1-2-25(14-17-8-3-5-9-19(17)23)22(26)21-12-11-18(28-21)15-27-20-10-6-4-7-16(20)13-24/h3-12H,2,14-15H2,1H3. The molecule has 0 aliphatic carbocycles. The molecule has 0 saturated heterocycles. The summed E-state index contributed by atoms with van der Waals surface area (Å²) in [6.07, 6.45) is 0. The molecule has 0 fully saturated rings. The summed E-state index contributed by atoms with van der Waals surface area (Å²) < 4.78 is 11.3. The highest BCUT2D eigenvalue weighted by Gasteiger charge is 2.19. The van der Waals surface area contributed by atoms with Gasteiger partial charge in [-0.25, -0.2) is 0 Å². The molecule has 0 spiro atoms. The minimum atomic E-state index is -0.217. The second-order valence-corrected chi connectivity index (χ2v) is 6.48. The first-order valence-corrected chi connectivity index (χ1v) is 9.23. The van der Waals surface area contributed by atoms with Crippen LogP contribution in [0.3, 0.4) is 0 Å². The third-order valence-electron chi connectivity index (χ3n) is 4.24. The van der Waals surface area contributed by atoms with Crippen LogP contribution >= 0.6 is 11.6 Å². The number of ether oxygens (including phenoxy) is 1. The Hall–Kier alpha value is -3.23. The van der Waals surface area contributed by atoms with E-state index in [-0.39, 0.29) is 18.3 Å². The van der Waals surface area contributed by atoms with Crippen molar-refractivity contribution in [1.82, 2.24) is 4.90 Å². The molecule has 0 aliphatic rings. The first-order valence-electron chi connectivity index (χ1n) is 8.85. The zero-order valence-electron chi connectivity index (χ0n) is 15.4. The lowest BCUT2D eigenvalue weighted by Crippen LogP contribution is -2.30. The molecular formula is C22H19ClN2O3. The maximum absolute atomic E-state index is 12.8. The van der Waals surface area contributed by atoms with Crippen LogP contribution in [0, 0.1) is 11.3 Å². The van der Waals surface area contributed by atoms with Crippen molar-refractivity contribution >= 4 is 17.5 Å². The summed E-state index contributed by atoms with van der Waals surface area (Å²) in [6.45, 7) is 2.95. The summed E-state index contributed by atoms with van der Waals surface area (Å²) >= 11 is 6.20. The first-order chi connectivity index (χ1) is 13.6. The largest absolute Gasteiger partial charge is 0.484 e. The predicted molar refractivity (Wildman–Crippen MR) is 106 cm³/mol. The molecule has 1 heterocycles. The van der Waals surface area contributed by atoms with Gasteiger partial charge in [0.2, 0.25) is 0 Å². The number of hydrogen-bond acceptors (Lipinski definition) is 4. The SMILES string of the molecule is CCN(Cc1ccccc1Cl)C(=O)c1ccc(COc2ccccc2C#N)o1. The highest BCUT2D eigenvalue weighted by molar-refractivity contribution is 6.31. The minimum absolute atomic E-state index is 0.128. The number of benzene rings is 2. The van der Waals surface area contributed by atoms with Gasteiger partial charge in [0.25, 0.3) is 5.91 Å². The molecule has 0 radical (unpaired) electrons. The quantitative estimate of drug-likeness (QED) is 0.562. The van der Waals surface area contributed by atoms with Crippen LogP contribution in [0.1, 0.15) is 34.4 Å². The van der Waals surface area contributed by atoms with Gasteiger partial charge in [-0.3, -0.25) is 4.79 Å². The zero-order valence-corrected chi connectivity index (χ0v) is 16.1. The van der Waals surface area contributed by atoms with Crippen LogP contribution in [0.15, 0.2) is 65.1 Å². The van der Waals surface area contributed by atoms with Crippen molar-refractivity contribution in [2.45, 2.75) is 20.1 Å². The fourth-order valence-electron chi connectivity index (χ4n) is 2.72. The third kappa shape index (κ3) is 4.54. The number of carbonyl (C=O) groups is 1. The normalized spacial score (nSPS) is 10.3. The van der Waals surface area contributed by atoms with Crippen LogP contribution in [0.4, 0.5) is 0 Å². The molecule has 5 nitrogen and oxygen atoms in total. The van der Waals surface area contributed by atoms with E-state index in [0.717, 1.165) is 5.56 Å². The number of para-hydroxylation sites is 1. The van der Waals surface area contributed by atoms with Crippen LogP contribution in [-0.2, 0) is 13.2 Å². The van der Waals surface area contributed by atoms with E-state index in [0.29, 0.717) is 35.2 Å². The van der Waals surface area contributed by atoms with Gasteiger partial charge in [0, 0.05) is 18.1 Å². The summed E-state index contributed by atoms with van der Waals surface area (Å²) in [5.41, 5.74) is 1.32. The van der Waals surface area contributed by atoms with Gasteiger partial charge in [0.1, 0.15) is 24.2 Å². The van der Waals surface area contributed by atoms with Crippen molar-refractivity contribution in [3.05, 3.63) is 88.3 Å². The summed E-state index contributed by atoms with van der Waals surface area (Å²) in [7, 11) is 0. The van der Waals surface area contributed by atoms with Crippen molar-refractivity contribution in [1.29, 1.82) is 5.26 Å². The van der Waals surface area contributed by atoms with Crippen molar-refractivity contribution in [3.8, 4) is 11.8 Å². The molecule has 0 bridgehead atoms. The number of nitrogens with zero attached hydrogens (tertiary/aromatic N) is 2. The molecule has 2 aromatic carbocycles. The Labute approximate surface area is 168 Å². The molecule has 0 atom stereocenters. The Morgan fingerprint density at radius 1 is 1.14 bits per heavy atom. The zero-order chi connectivity index (χ0) is 19.9. The summed E-state index contributed by atoms with van der Waals surface area (Å²) in [5.74, 6) is 1.00. The number of rotatable bonds is 7. The molecule has 0 N–H and O–H groups in total. The molecule has 3 aromatic rings. The number of amides is 1. The second kappa shape index (κ2) is 9.12. The van der Waals surface area contributed by atoms with Crippen LogP contribution in [0.25, 0.3) is 0 Å². The van der Waals surface area contributed by atoms with Gasteiger partial charge in [-0.1, -0.05) is 41.9 Å². The lowest BCUT2D eigenvalue weighted by atomic mass is 10.2. The third-order valence-corrected chi connectivity index (χ3v) is 4.61. The maximum Gasteiger partial charge on any atom is 0.289 e. The molecule has 0 saturated carbocycles. The average molecular weight is 395 g/mol. The molecule has 1 amide bonds. The van der Waals surface area contributed by atoms with Crippen molar-refractivity contribution in [2.75, 3.05) is 6.54 Å². The summed E-state index contributed by atoms with van der Waals surface area (Å²) in [4.78, 5) is 14.4. The predicted octanol–water partition coefficient (Wildman–Crippen LogP) is 5.05. The number of nitriles is 1. The molecule has 3 rings (SSSR count). The maximum atomic E-state index is 12.8. The monoisotopic (exact) mass is 394 g/mol. The van der Waals surface area contributed by atoms with Gasteiger partial charge in [-0.2, -0.15) is 5.26 Å². The van der Waals surface area contributed by atoms with Crippen molar-refractivity contribution < 1.29 is 13.9 Å². The van der Waals surface area contributed by atoms with Gasteiger partial charge in [-0.05, 0) is 42.8 Å². The molecule has 142 valence electrons. The fourth-order valence-corrected chi connectivity index (χ4v) is 2.91. The number of furan rings is 1. The summed E-state index contributed by atoms with van der Waals surface area (Å²) in [6, 6.07) is 19.8. The van der Waals surface area contributed by atoms with Gasteiger partial charge >= 0.3 is 0 Å². The molecule has 28 heavy (non-hydrogen) atoms. The smallest absolute Gasteiger partial charge is 0.289 e. The van der Waals surface area contributed by atoms with E-state index in [9.17, 15) is 4.79 Å². The van der Waals surface area contributed by atoms with E-state index in [1.807, 2.05) is 25.1 Å². The van der Waals surface area contributed by atoms with Gasteiger partial charge in [0.15, 0.2) is 5.76 Å². The van der Waals surface area contributed by atoms with E-state index in [4.69, 9.17) is 26.0 Å². The van der Waals surface area contributed by atoms with E-state index >= 15 is 0 Å². The highest BCUT2D eigenvalue weighted by Crippen LogP contribution is 2.21. The Kier molecular flexibility index (Phi) is 6.36. The molecular weight excluding hydrogens is 376 g/mol. The Morgan fingerprint density at radius 3 is 2.64 bits per heavy atom. The Balaban J connectivity index is 1.67. The minimum Gasteiger partial charge on any atom is -0.484 e. The molecule has 0 unspecified atom stereocenters. The lowest BCUT2D eigenvalue weighted by molar-refractivity contribution is 0.0716. The second-order valence-electron chi connectivity index (χ2n) is 6.07. The average Bonchev–Trinajstić information content (AvgIpc) is 3.20. The number of halogens is 1. The Morgan fingerprint density at radius 2 is 1.89 bits per heavy atom. The topological polar surface area (TPSA) is 66.5 Å². The molecule has 1 aromatic heterocycles. The van der Waals surface area contributed by atoms with Crippen molar-refractivity contribution in [2.24, 2.45) is 0 Å². The van der Waals surface area contributed by atoms with Crippen LogP contribution in [0.2, 0.25) is 5.02 Å². The summed E-state index contributed by atoms with van der Waals surface area (Å²) in [5, 5.41) is 9.73. The number of hydrogen-bond donors (Lipinski definition) is 0. The van der Waals surface area contributed by atoms with E-state index in [2.05, 4.69) is 6.07 Å². The van der Waals surface area contributed by atoms with E-state index in [1.54, 1.807) is 47.4 Å². The molecule has 6 heteroatoms. The van der Waals surface area contributed by atoms with E-state index in [1.165, 1.54) is 0 Å². The van der Waals surface area contributed by atoms with Crippen LogP contribution in [-0.4, -0.2) is 17.4 Å². The highest BCUT2D eigenvalue weighted by atomic mass is 35.5. The van der Waals surface area contributed by atoms with Gasteiger partial charge < -0.3 is 14.1 Å². The van der Waals surface area contributed by atoms with Gasteiger partial charge in [-0.15, -0.1) is 0 Å². The Bertz CT molecular complexity index is 1010. The number of carbonyl (C=O) groups excluding carboxylic acids is 1. The van der Waals surface area contributed by atoms with Crippen LogP contribution in [0.5, 0.6) is 5.75 Å². The van der Waals surface area contributed by atoms with E-state index < -0.39 is 0 Å². The fraction of sp³-hybridized carbons (Fsp3) is 0.182. The lowest BCUT2D eigenvalue weighted by Gasteiger charge is -2.20. The van der Waals surface area contributed by atoms with Gasteiger partial charge in [0.05, 0.1) is 5.56 Å². The van der Waals surface area contributed by atoms with Crippen LogP contribution < -0.4 is 4.74 Å². The molecule has 0 aliphatic heterocycles. The van der Waals surface area contributed by atoms with Crippen molar-refractivity contribution in [3.63, 3.8) is 0 Å². The first kappa shape index (κ1) is 19.5.